The van der Waals surface area contributed by atoms with Crippen molar-refractivity contribution in [2.75, 3.05) is 0 Å². The Balaban J connectivity index is 1.77. The molecule has 148 valence electrons. The summed E-state index contributed by atoms with van der Waals surface area (Å²) in [4.78, 5) is 4.97. The summed E-state index contributed by atoms with van der Waals surface area (Å²) >= 11 is 12.7. The number of rotatable bonds is 4. The van der Waals surface area contributed by atoms with Crippen LogP contribution in [0.5, 0.6) is 5.75 Å². The van der Waals surface area contributed by atoms with Crippen molar-refractivity contribution in [3.05, 3.63) is 99.0 Å². The van der Waals surface area contributed by atoms with Crippen LogP contribution >= 0.6 is 23.2 Å². The minimum absolute atomic E-state index is 0.145. The van der Waals surface area contributed by atoms with Gasteiger partial charge in [0.25, 0.3) is 0 Å². The van der Waals surface area contributed by atoms with Crippen molar-refractivity contribution >= 4 is 28.9 Å². The van der Waals surface area contributed by atoms with Crippen LogP contribution in [0, 0.1) is 0 Å². The number of phenols is 1. The van der Waals surface area contributed by atoms with E-state index in [0.717, 1.165) is 28.8 Å². The molecule has 0 aliphatic carbocycles. The van der Waals surface area contributed by atoms with Gasteiger partial charge in [-0.05, 0) is 41.8 Å². The molecule has 0 saturated heterocycles. The minimum Gasteiger partial charge on any atom is -0.508 e. The largest absolute Gasteiger partial charge is 0.508 e. The third kappa shape index (κ3) is 4.32. The Morgan fingerprint density at radius 3 is 2.48 bits per heavy atom. The van der Waals surface area contributed by atoms with Gasteiger partial charge in [0.2, 0.25) is 0 Å². The van der Waals surface area contributed by atoms with E-state index in [1.165, 1.54) is 5.56 Å². The highest BCUT2D eigenvalue weighted by molar-refractivity contribution is 6.31. The summed E-state index contributed by atoms with van der Waals surface area (Å²) in [6.07, 6.45) is 1.32. The van der Waals surface area contributed by atoms with Crippen molar-refractivity contribution in [1.29, 1.82) is 0 Å². The van der Waals surface area contributed by atoms with Crippen LogP contribution in [0.1, 0.15) is 47.8 Å². The molecule has 0 spiro atoms. The fourth-order valence-electron chi connectivity index (χ4n) is 3.67. The molecule has 4 rings (SSSR count). The van der Waals surface area contributed by atoms with E-state index >= 15 is 0 Å². The summed E-state index contributed by atoms with van der Waals surface area (Å²) < 4.78 is 0. The Hall–Kier alpha value is -2.33. The molecule has 2 atom stereocenters. The predicted molar refractivity (Wildman–Crippen MR) is 120 cm³/mol. The topological polar surface area (TPSA) is 44.6 Å². The third-order valence-corrected chi connectivity index (χ3v) is 5.88. The lowest BCUT2D eigenvalue weighted by molar-refractivity contribution is 0.413. The zero-order valence-electron chi connectivity index (χ0n) is 16.1. The second-order valence-corrected chi connectivity index (χ2v) is 8.02. The van der Waals surface area contributed by atoms with Crippen LogP contribution in [0.15, 0.2) is 71.7 Å². The van der Waals surface area contributed by atoms with E-state index < -0.39 is 0 Å². The fraction of sp³-hybridized carbons (Fsp3) is 0.208. The SMILES string of the molecule is CCc1ccc(C2=N[C@H](c3ccccc3Cl)N[C@@H](c3cc(Cl)ccc3O)C2)cc1. The highest BCUT2D eigenvalue weighted by Crippen LogP contribution is 2.37. The highest BCUT2D eigenvalue weighted by Gasteiger charge is 2.28. The second kappa shape index (κ2) is 8.58. The van der Waals surface area contributed by atoms with Gasteiger partial charge < -0.3 is 5.11 Å². The number of aryl methyl sites for hydroxylation is 1. The molecule has 5 heteroatoms. The molecule has 0 saturated carbocycles. The lowest BCUT2D eigenvalue weighted by Gasteiger charge is -2.31. The highest BCUT2D eigenvalue weighted by atomic mass is 35.5. The van der Waals surface area contributed by atoms with Crippen molar-refractivity contribution in [2.45, 2.75) is 32.0 Å². The van der Waals surface area contributed by atoms with E-state index in [1.54, 1.807) is 18.2 Å². The first kappa shape index (κ1) is 20.0. The van der Waals surface area contributed by atoms with Crippen molar-refractivity contribution in [1.82, 2.24) is 5.32 Å². The first-order chi connectivity index (χ1) is 14.0. The van der Waals surface area contributed by atoms with Gasteiger partial charge in [-0.2, -0.15) is 0 Å². The third-order valence-electron chi connectivity index (χ3n) is 5.30. The standard InChI is InChI=1S/C24H22Cl2N2O/c1-2-15-7-9-16(10-8-15)21-14-22(19-13-17(25)11-12-23(19)29)28-24(27-21)18-5-3-4-6-20(18)26/h3-13,22,24,28-29H,2,14H2,1H3/t22-,24+/m1/s1. The van der Waals surface area contributed by atoms with E-state index in [0.29, 0.717) is 16.5 Å². The minimum atomic E-state index is -0.318. The molecule has 1 heterocycles. The van der Waals surface area contributed by atoms with E-state index in [4.69, 9.17) is 28.2 Å². The Bertz CT molecular complexity index is 1050. The number of halogens is 2. The zero-order chi connectivity index (χ0) is 20.4. The molecule has 0 amide bonds. The summed E-state index contributed by atoms with van der Waals surface area (Å²) in [7, 11) is 0. The van der Waals surface area contributed by atoms with Crippen LogP contribution in [0.25, 0.3) is 0 Å². The number of hydrogen-bond acceptors (Lipinski definition) is 3. The van der Waals surface area contributed by atoms with Gasteiger partial charge in [0.05, 0.1) is 0 Å². The van der Waals surface area contributed by atoms with Crippen molar-refractivity contribution in [3.63, 3.8) is 0 Å². The number of aliphatic imine (C=N–C) groups is 1. The Morgan fingerprint density at radius 2 is 1.76 bits per heavy atom. The summed E-state index contributed by atoms with van der Waals surface area (Å²) in [6.45, 7) is 2.14. The number of aromatic hydroxyl groups is 1. The summed E-state index contributed by atoms with van der Waals surface area (Å²) in [5.41, 5.74) is 5.00. The van der Waals surface area contributed by atoms with Gasteiger partial charge in [0, 0.05) is 39.3 Å². The number of phenolic OH excluding ortho intramolecular Hbond substituents is 1. The summed E-state index contributed by atoms with van der Waals surface area (Å²) in [6, 6.07) is 21.2. The van der Waals surface area contributed by atoms with Gasteiger partial charge in [0.1, 0.15) is 11.9 Å². The van der Waals surface area contributed by atoms with Crippen LogP contribution in [0.4, 0.5) is 0 Å². The molecule has 3 aromatic rings. The van der Waals surface area contributed by atoms with Crippen LogP contribution < -0.4 is 5.32 Å². The quantitative estimate of drug-likeness (QED) is 0.502. The number of hydrogen-bond donors (Lipinski definition) is 2. The maximum Gasteiger partial charge on any atom is 0.127 e. The average Bonchev–Trinajstić information content (AvgIpc) is 2.75. The first-order valence-electron chi connectivity index (χ1n) is 9.70. The molecule has 29 heavy (non-hydrogen) atoms. The number of benzene rings is 3. The van der Waals surface area contributed by atoms with Crippen LogP contribution in [0.3, 0.4) is 0 Å². The predicted octanol–water partition coefficient (Wildman–Crippen LogP) is 6.48. The molecule has 3 nitrogen and oxygen atoms in total. The van der Waals surface area contributed by atoms with Gasteiger partial charge in [0.15, 0.2) is 0 Å². The fourth-order valence-corrected chi connectivity index (χ4v) is 4.09. The normalized spacial score (nSPS) is 19.1. The van der Waals surface area contributed by atoms with Crippen molar-refractivity contribution in [3.8, 4) is 5.75 Å². The number of nitrogens with one attached hydrogen (secondary N) is 1. The molecule has 0 radical (unpaired) electrons. The van der Waals surface area contributed by atoms with E-state index in [-0.39, 0.29) is 18.0 Å². The molecule has 0 aromatic heterocycles. The monoisotopic (exact) mass is 424 g/mol. The summed E-state index contributed by atoms with van der Waals surface area (Å²) in [5.74, 6) is 0.215. The van der Waals surface area contributed by atoms with Crippen LogP contribution in [-0.2, 0) is 6.42 Å². The lowest BCUT2D eigenvalue weighted by Crippen LogP contribution is -2.33. The smallest absolute Gasteiger partial charge is 0.127 e. The van der Waals surface area contributed by atoms with Crippen LogP contribution in [-0.4, -0.2) is 10.8 Å². The van der Waals surface area contributed by atoms with Crippen LogP contribution in [0.2, 0.25) is 10.0 Å². The van der Waals surface area contributed by atoms with Crippen molar-refractivity contribution in [2.24, 2.45) is 4.99 Å². The molecule has 1 aliphatic rings. The lowest BCUT2D eigenvalue weighted by atomic mass is 9.93. The first-order valence-corrected chi connectivity index (χ1v) is 10.5. The van der Waals surface area contributed by atoms with E-state index in [2.05, 4.69) is 36.5 Å². The number of nitrogens with zero attached hydrogens (tertiary/aromatic N) is 1. The van der Waals surface area contributed by atoms with Crippen molar-refractivity contribution < 1.29 is 5.11 Å². The van der Waals surface area contributed by atoms with Gasteiger partial charge in [-0.25, -0.2) is 0 Å². The van der Waals surface area contributed by atoms with Gasteiger partial charge >= 0.3 is 0 Å². The maximum absolute atomic E-state index is 10.5. The van der Waals surface area contributed by atoms with E-state index in [1.807, 2.05) is 24.3 Å². The second-order valence-electron chi connectivity index (χ2n) is 7.18. The Kier molecular flexibility index (Phi) is 5.91. The molecule has 0 fully saturated rings. The summed E-state index contributed by atoms with van der Waals surface area (Å²) in [5, 5.41) is 15.2. The Labute approximate surface area is 181 Å². The molecular formula is C24H22Cl2N2O. The molecular weight excluding hydrogens is 403 g/mol. The molecule has 0 bridgehead atoms. The zero-order valence-corrected chi connectivity index (χ0v) is 17.6. The molecule has 3 aromatic carbocycles. The van der Waals surface area contributed by atoms with E-state index in [9.17, 15) is 5.11 Å². The molecule has 0 unspecified atom stereocenters. The van der Waals surface area contributed by atoms with Gasteiger partial charge in [-0.1, -0.05) is 72.6 Å². The average molecular weight is 425 g/mol. The van der Waals surface area contributed by atoms with Gasteiger partial charge in [-0.15, -0.1) is 0 Å². The molecule has 2 N–H and O–H groups in total. The Morgan fingerprint density at radius 1 is 1.00 bits per heavy atom. The molecule has 1 aliphatic heterocycles. The maximum atomic E-state index is 10.5. The van der Waals surface area contributed by atoms with Gasteiger partial charge in [-0.3, -0.25) is 10.3 Å².